The molecule has 2 heterocycles. The Morgan fingerprint density at radius 1 is 1.00 bits per heavy atom. The Hall–Kier alpha value is -2.04. The van der Waals surface area contributed by atoms with Crippen LogP contribution in [-0.4, -0.2) is 23.2 Å². The van der Waals surface area contributed by atoms with Crippen LogP contribution in [0.5, 0.6) is 0 Å². The van der Waals surface area contributed by atoms with E-state index in [0.29, 0.717) is 5.89 Å². The quantitative estimate of drug-likeness (QED) is 0.875. The molecule has 0 aliphatic carbocycles. The van der Waals surface area contributed by atoms with E-state index in [-0.39, 0.29) is 0 Å². The number of nitrogen functional groups attached to an aromatic ring is 1. The Labute approximate surface area is 125 Å². The maximum Gasteiger partial charge on any atom is 0.266 e. The third kappa shape index (κ3) is 3.74. The lowest BCUT2D eigenvalue weighted by molar-refractivity contribution is 0.377. The van der Waals surface area contributed by atoms with Crippen LogP contribution in [0.4, 0.5) is 11.6 Å². The molecule has 1 aromatic heterocycles. The molecule has 1 fully saturated rings. The second-order valence-electron chi connectivity index (χ2n) is 5.63. The van der Waals surface area contributed by atoms with Gasteiger partial charge in [-0.2, -0.15) is 4.98 Å². The molecule has 3 rings (SSSR count). The van der Waals surface area contributed by atoms with Crippen LogP contribution < -0.4 is 10.6 Å². The molecular formula is C16H22N4O. The molecule has 21 heavy (non-hydrogen) atoms. The number of rotatable bonds is 4. The van der Waals surface area contributed by atoms with Crippen molar-refractivity contribution in [2.24, 2.45) is 0 Å². The van der Waals surface area contributed by atoms with Gasteiger partial charge in [0.2, 0.25) is 5.89 Å². The standard InChI is InChI=1S/C16H22N4O/c17-14-8-5-13(6-9-14)7-10-15-18-16(19-21-15)20-11-3-1-2-4-12-20/h5-6,8-9H,1-4,7,10-12,17H2. The monoisotopic (exact) mass is 286 g/mol. The van der Waals surface area contributed by atoms with Crippen molar-refractivity contribution in [2.45, 2.75) is 38.5 Å². The minimum atomic E-state index is 0.714. The highest BCUT2D eigenvalue weighted by molar-refractivity contribution is 5.39. The van der Waals surface area contributed by atoms with Gasteiger partial charge >= 0.3 is 0 Å². The number of anilines is 2. The van der Waals surface area contributed by atoms with Crippen molar-refractivity contribution < 1.29 is 4.52 Å². The summed E-state index contributed by atoms with van der Waals surface area (Å²) in [5.41, 5.74) is 7.71. The van der Waals surface area contributed by atoms with E-state index in [4.69, 9.17) is 10.3 Å². The molecule has 0 atom stereocenters. The van der Waals surface area contributed by atoms with Gasteiger partial charge in [-0.25, -0.2) is 0 Å². The topological polar surface area (TPSA) is 68.2 Å². The first-order valence-corrected chi connectivity index (χ1v) is 7.73. The van der Waals surface area contributed by atoms with Gasteiger partial charge in [0.1, 0.15) is 0 Å². The molecule has 0 unspecified atom stereocenters. The molecule has 0 spiro atoms. The first-order chi connectivity index (χ1) is 10.3. The van der Waals surface area contributed by atoms with Gasteiger partial charge in [0.25, 0.3) is 5.95 Å². The second-order valence-corrected chi connectivity index (χ2v) is 5.63. The van der Waals surface area contributed by atoms with E-state index >= 15 is 0 Å². The molecule has 1 aliphatic rings. The number of hydrogen-bond donors (Lipinski definition) is 1. The highest BCUT2D eigenvalue weighted by Crippen LogP contribution is 2.17. The zero-order chi connectivity index (χ0) is 14.5. The van der Waals surface area contributed by atoms with Crippen molar-refractivity contribution in [3.63, 3.8) is 0 Å². The third-order valence-corrected chi connectivity index (χ3v) is 3.95. The van der Waals surface area contributed by atoms with Gasteiger partial charge in [0, 0.05) is 25.2 Å². The van der Waals surface area contributed by atoms with E-state index in [2.05, 4.69) is 15.0 Å². The number of aromatic nitrogens is 2. The number of nitrogens with zero attached hydrogens (tertiary/aromatic N) is 3. The summed E-state index contributed by atoms with van der Waals surface area (Å²) >= 11 is 0. The largest absolute Gasteiger partial charge is 0.399 e. The molecule has 112 valence electrons. The Morgan fingerprint density at radius 2 is 1.71 bits per heavy atom. The maximum atomic E-state index is 5.69. The zero-order valence-corrected chi connectivity index (χ0v) is 12.3. The van der Waals surface area contributed by atoms with Gasteiger partial charge in [-0.15, -0.1) is 0 Å². The Morgan fingerprint density at radius 3 is 2.43 bits per heavy atom. The Balaban J connectivity index is 1.58. The van der Waals surface area contributed by atoms with Crippen molar-refractivity contribution in [2.75, 3.05) is 23.7 Å². The Bertz CT molecular complexity index is 556. The van der Waals surface area contributed by atoms with E-state index in [9.17, 15) is 0 Å². The van der Waals surface area contributed by atoms with E-state index in [1.807, 2.05) is 24.3 Å². The summed E-state index contributed by atoms with van der Waals surface area (Å²) in [7, 11) is 0. The molecule has 0 bridgehead atoms. The fourth-order valence-corrected chi connectivity index (χ4v) is 2.68. The van der Waals surface area contributed by atoms with Gasteiger partial charge < -0.3 is 15.2 Å². The molecule has 5 heteroatoms. The van der Waals surface area contributed by atoms with Crippen LogP contribution in [0.2, 0.25) is 0 Å². The molecule has 0 radical (unpaired) electrons. The van der Waals surface area contributed by atoms with E-state index in [1.54, 1.807) is 0 Å². The van der Waals surface area contributed by atoms with Gasteiger partial charge in [-0.3, -0.25) is 0 Å². The molecule has 1 aromatic carbocycles. The third-order valence-electron chi connectivity index (χ3n) is 3.95. The van der Waals surface area contributed by atoms with E-state index < -0.39 is 0 Å². The minimum absolute atomic E-state index is 0.714. The van der Waals surface area contributed by atoms with Crippen molar-refractivity contribution in [1.82, 2.24) is 10.1 Å². The fourth-order valence-electron chi connectivity index (χ4n) is 2.68. The van der Waals surface area contributed by atoms with Gasteiger partial charge in [0.05, 0.1) is 0 Å². The SMILES string of the molecule is Nc1ccc(CCc2nc(N3CCCCCC3)no2)cc1. The van der Waals surface area contributed by atoms with Crippen molar-refractivity contribution in [3.8, 4) is 0 Å². The van der Waals surface area contributed by atoms with Gasteiger partial charge in [-0.05, 0) is 42.1 Å². The smallest absolute Gasteiger partial charge is 0.266 e. The highest BCUT2D eigenvalue weighted by atomic mass is 16.5. The first kappa shape index (κ1) is 13.9. The summed E-state index contributed by atoms with van der Waals surface area (Å²) in [5, 5.41) is 4.13. The first-order valence-electron chi connectivity index (χ1n) is 7.73. The van der Waals surface area contributed by atoms with Crippen molar-refractivity contribution in [1.29, 1.82) is 0 Å². The Kier molecular flexibility index (Phi) is 4.38. The lowest BCUT2D eigenvalue weighted by Crippen LogP contribution is -2.24. The molecule has 5 nitrogen and oxygen atoms in total. The number of nitrogens with two attached hydrogens (primary N) is 1. The van der Waals surface area contributed by atoms with Gasteiger partial charge in [0.15, 0.2) is 0 Å². The predicted octanol–water partition coefficient (Wildman–Crippen LogP) is 2.82. The average molecular weight is 286 g/mol. The summed E-state index contributed by atoms with van der Waals surface area (Å²) in [5.74, 6) is 1.47. The highest BCUT2D eigenvalue weighted by Gasteiger charge is 2.15. The van der Waals surface area contributed by atoms with Crippen LogP contribution in [-0.2, 0) is 12.8 Å². The van der Waals surface area contributed by atoms with Crippen LogP contribution in [0, 0.1) is 0 Å². The van der Waals surface area contributed by atoms with Crippen LogP contribution in [0.3, 0.4) is 0 Å². The van der Waals surface area contributed by atoms with Crippen molar-refractivity contribution >= 4 is 11.6 Å². The fraction of sp³-hybridized carbons (Fsp3) is 0.500. The molecule has 1 saturated heterocycles. The normalized spacial score (nSPS) is 15.9. The predicted molar refractivity (Wildman–Crippen MR) is 83.2 cm³/mol. The maximum absolute atomic E-state index is 5.69. The summed E-state index contributed by atoms with van der Waals surface area (Å²) in [4.78, 5) is 6.77. The zero-order valence-electron chi connectivity index (χ0n) is 12.3. The molecule has 0 amide bonds. The number of aryl methyl sites for hydroxylation is 2. The van der Waals surface area contributed by atoms with Crippen LogP contribution >= 0.6 is 0 Å². The lowest BCUT2D eigenvalue weighted by Gasteiger charge is -2.16. The summed E-state index contributed by atoms with van der Waals surface area (Å²) in [6, 6.07) is 7.93. The summed E-state index contributed by atoms with van der Waals surface area (Å²) in [6.45, 7) is 2.08. The molecule has 0 saturated carbocycles. The van der Waals surface area contributed by atoms with E-state index in [1.165, 1.54) is 31.2 Å². The van der Waals surface area contributed by atoms with Crippen LogP contribution in [0.15, 0.2) is 28.8 Å². The second kappa shape index (κ2) is 6.61. The van der Waals surface area contributed by atoms with Crippen LogP contribution in [0.1, 0.15) is 37.1 Å². The number of benzene rings is 1. The average Bonchev–Trinajstić information content (AvgIpc) is 2.80. The van der Waals surface area contributed by atoms with Crippen LogP contribution in [0.25, 0.3) is 0 Å². The summed E-state index contributed by atoms with van der Waals surface area (Å²) < 4.78 is 5.38. The van der Waals surface area contributed by atoms with Crippen molar-refractivity contribution in [3.05, 3.63) is 35.7 Å². The number of hydrogen-bond acceptors (Lipinski definition) is 5. The molecule has 2 aromatic rings. The molecule has 2 N–H and O–H groups in total. The van der Waals surface area contributed by atoms with Gasteiger partial charge in [-0.1, -0.05) is 25.0 Å². The summed E-state index contributed by atoms with van der Waals surface area (Å²) in [6.07, 6.45) is 6.70. The van der Waals surface area contributed by atoms with E-state index in [0.717, 1.165) is 37.6 Å². The lowest BCUT2D eigenvalue weighted by atomic mass is 10.1. The minimum Gasteiger partial charge on any atom is -0.399 e. The molecule has 1 aliphatic heterocycles. The molecular weight excluding hydrogens is 264 g/mol.